The molecule has 0 fully saturated rings. The second-order valence-corrected chi connectivity index (χ2v) is 4.32. The van der Waals surface area contributed by atoms with Gasteiger partial charge in [-0.25, -0.2) is 9.97 Å². The predicted molar refractivity (Wildman–Crippen MR) is 65.7 cm³/mol. The van der Waals surface area contributed by atoms with E-state index in [0.717, 1.165) is 30.3 Å². The van der Waals surface area contributed by atoms with Crippen molar-refractivity contribution in [1.29, 1.82) is 0 Å². The zero-order valence-corrected chi connectivity index (χ0v) is 10.6. The van der Waals surface area contributed by atoms with E-state index in [4.69, 9.17) is 5.11 Å². The van der Waals surface area contributed by atoms with Gasteiger partial charge >= 0.3 is 0 Å². The summed E-state index contributed by atoms with van der Waals surface area (Å²) in [6.07, 6.45) is 0.745. The summed E-state index contributed by atoms with van der Waals surface area (Å²) in [6.45, 7) is 9.16. The second-order valence-electron chi connectivity index (χ2n) is 4.32. The molecule has 1 aromatic heterocycles. The number of aryl methyl sites for hydroxylation is 2. The number of aromatic nitrogens is 2. The van der Waals surface area contributed by atoms with Crippen LogP contribution >= 0.6 is 0 Å². The maximum absolute atomic E-state index is 8.89. The van der Waals surface area contributed by atoms with E-state index in [1.807, 2.05) is 19.9 Å². The fourth-order valence-corrected chi connectivity index (χ4v) is 1.67. The van der Waals surface area contributed by atoms with Gasteiger partial charge in [0.15, 0.2) is 0 Å². The number of hydrogen-bond donors (Lipinski definition) is 1. The summed E-state index contributed by atoms with van der Waals surface area (Å²) in [5.41, 5.74) is 1.97. The highest BCUT2D eigenvalue weighted by Crippen LogP contribution is 2.13. The van der Waals surface area contributed by atoms with Gasteiger partial charge in [0.25, 0.3) is 0 Å². The first-order valence-electron chi connectivity index (χ1n) is 5.74. The molecule has 0 saturated heterocycles. The maximum atomic E-state index is 8.89. The van der Waals surface area contributed by atoms with Gasteiger partial charge in [-0.3, -0.25) is 0 Å². The molecule has 0 atom stereocenters. The predicted octanol–water partition coefficient (Wildman–Crippen LogP) is 1.69. The van der Waals surface area contributed by atoms with Crippen LogP contribution in [0.3, 0.4) is 0 Å². The molecule has 90 valence electrons. The van der Waals surface area contributed by atoms with Gasteiger partial charge in [-0.2, -0.15) is 0 Å². The molecule has 0 aliphatic rings. The first-order chi connectivity index (χ1) is 7.54. The molecule has 0 aliphatic heterocycles. The van der Waals surface area contributed by atoms with Crippen LogP contribution in [0.2, 0.25) is 0 Å². The SMILES string of the molecule is Cc1cc(C)nc(N(CCCO)C(C)C)n1. The Labute approximate surface area is 97.3 Å². The quantitative estimate of drug-likeness (QED) is 0.825. The van der Waals surface area contributed by atoms with Crippen LogP contribution in [-0.4, -0.2) is 34.3 Å². The van der Waals surface area contributed by atoms with Crippen molar-refractivity contribution in [3.8, 4) is 0 Å². The Kier molecular flexibility index (Phi) is 4.68. The van der Waals surface area contributed by atoms with Crippen molar-refractivity contribution in [3.63, 3.8) is 0 Å². The molecule has 4 nitrogen and oxygen atoms in total. The lowest BCUT2D eigenvalue weighted by molar-refractivity contribution is 0.288. The van der Waals surface area contributed by atoms with Crippen LogP contribution in [-0.2, 0) is 0 Å². The molecule has 0 radical (unpaired) electrons. The van der Waals surface area contributed by atoms with Crippen LogP contribution in [0, 0.1) is 13.8 Å². The van der Waals surface area contributed by atoms with Crippen molar-refractivity contribution >= 4 is 5.95 Å². The minimum absolute atomic E-state index is 0.202. The highest BCUT2D eigenvalue weighted by atomic mass is 16.3. The van der Waals surface area contributed by atoms with Crippen LogP contribution in [0.25, 0.3) is 0 Å². The van der Waals surface area contributed by atoms with Crippen molar-refractivity contribution in [2.45, 2.75) is 40.2 Å². The number of anilines is 1. The third-order valence-electron chi connectivity index (χ3n) is 2.41. The van der Waals surface area contributed by atoms with Crippen LogP contribution in [0.15, 0.2) is 6.07 Å². The highest BCUT2D eigenvalue weighted by Gasteiger charge is 2.13. The molecule has 1 N–H and O–H groups in total. The number of nitrogens with zero attached hydrogens (tertiary/aromatic N) is 3. The minimum atomic E-state index is 0.202. The molecule has 4 heteroatoms. The summed E-state index contributed by atoms with van der Waals surface area (Å²) in [4.78, 5) is 11.0. The van der Waals surface area contributed by atoms with E-state index in [9.17, 15) is 0 Å². The molecule has 0 saturated carbocycles. The summed E-state index contributed by atoms with van der Waals surface area (Å²) in [5, 5.41) is 8.89. The smallest absolute Gasteiger partial charge is 0.225 e. The number of rotatable bonds is 5. The zero-order chi connectivity index (χ0) is 12.1. The minimum Gasteiger partial charge on any atom is -0.396 e. The lowest BCUT2D eigenvalue weighted by Gasteiger charge is -2.26. The fraction of sp³-hybridized carbons (Fsp3) is 0.667. The van der Waals surface area contributed by atoms with Crippen molar-refractivity contribution in [3.05, 3.63) is 17.5 Å². The molecule has 0 spiro atoms. The molecule has 1 heterocycles. The summed E-state index contributed by atoms with van der Waals surface area (Å²) in [6, 6.07) is 2.31. The molecule has 0 amide bonds. The topological polar surface area (TPSA) is 49.2 Å². The van der Waals surface area contributed by atoms with Crippen LogP contribution < -0.4 is 4.90 Å². The number of aliphatic hydroxyl groups excluding tert-OH is 1. The molecule has 0 aliphatic carbocycles. The van der Waals surface area contributed by atoms with Gasteiger partial charge in [-0.15, -0.1) is 0 Å². The molecule has 0 unspecified atom stereocenters. The Balaban J connectivity index is 2.91. The van der Waals surface area contributed by atoms with Gasteiger partial charge in [0.2, 0.25) is 5.95 Å². The summed E-state index contributed by atoms with van der Waals surface area (Å²) in [7, 11) is 0. The number of aliphatic hydroxyl groups is 1. The van der Waals surface area contributed by atoms with Crippen LogP contribution in [0.5, 0.6) is 0 Å². The first-order valence-corrected chi connectivity index (χ1v) is 5.74. The molecule has 16 heavy (non-hydrogen) atoms. The van der Waals surface area contributed by atoms with E-state index in [0.29, 0.717) is 6.04 Å². The average molecular weight is 223 g/mol. The molecule has 0 aromatic carbocycles. The third-order valence-corrected chi connectivity index (χ3v) is 2.41. The van der Waals surface area contributed by atoms with E-state index >= 15 is 0 Å². The molecular formula is C12H21N3O. The fourth-order valence-electron chi connectivity index (χ4n) is 1.67. The van der Waals surface area contributed by atoms with E-state index in [-0.39, 0.29) is 6.61 Å². The van der Waals surface area contributed by atoms with Gasteiger partial charge < -0.3 is 10.0 Å². The average Bonchev–Trinajstić information content (AvgIpc) is 2.16. The summed E-state index contributed by atoms with van der Waals surface area (Å²) >= 11 is 0. The monoisotopic (exact) mass is 223 g/mol. The summed E-state index contributed by atoms with van der Waals surface area (Å²) < 4.78 is 0. The largest absolute Gasteiger partial charge is 0.396 e. The second kappa shape index (κ2) is 5.80. The Morgan fingerprint density at radius 3 is 2.25 bits per heavy atom. The van der Waals surface area contributed by atoms with Gasteiger partial charge in [-0.1, -0.05) is 0 Å². The normalized spacial score (nSPS) is 10.9. The van der Waals surface area contributed by atoms with Gasteiger partial charge in [0.05, 0.1) is 0 Å². The Bertz CT molecular complexity index is 319. The Hall–Kier alpha value is -1.16. The van der Waals surface area contributed by atoms with Crippen LogP contribution in [0.1, 0.15) is 31.7 Å². The summed E-state index contributed by atoms with van der Waals surface area (Å²) in [5.74, 6) is 0.765. The first kappa shape index (κ1) is 12.9. The zero-order valence-electron chi connectivity index (χ0n) is 10.6. The van der Waals surface area contributed by atoms with Gasteiger partial charge in [0.1, 0.15) is 0 Å². The lowest BCUT2D eigenvalue weighted by atomic mass is 10.3. The standard InChI is InChI=1S/C12H21N3O/c1-9(2)15(6-5-7-16)12-13-10(3)8-11(4)14-12/h8-9,16H,5-7H2,1-4H3. The molecule has 1 aromatic rings. The molecular weight excluding hydrogens is 202 g/mol. The number of hydrogen-bond acceptors (Lipinski definition) is 4. The van der Waals surface area contributed by atoms with Crippen LogP contribution in [0.4, 0.5) is 5.95 Å². The Morgan fingerprint density at radius 1 is 1.25 bits per heavy atom. The Morgan fingerprint density at radius 2 is 1.81 bits per heavy atom. The van der Waals surface area contributed by atoms with E-state index in [1.165, 1.54) is 0 Å². The molecule has 1 rings (SSSR count). The highest BCUT2D eigenvalue weighted by molar-refractivity contribution is 5.33. The van der Waals surface area contributed by atoms with Crippen molar-refractivity contribution in [2.24, 2.45) is 0 Å². The van der Waals surface area contributed by atoms with Gasteiger partial charge in [-0.05, 0) is 40.2 Å². The van der Waals surface area contributed by atoms with E-state index in [1.54, 1.807) is 0 Å². The van der Waals surface area contributed by atoms with Gasteiger partial charge in [0, 0.05) is 30.6 Å². The van der Waals surface area contributed by atoms with Crippen molar-refractivity contribution in [2.75, 3.05) is 18.1 Å². The van der Waals surface area contributed by atoms with E-state index < -0.39 is 0 Å². The van der Waals surface area contributed by atoms with Crippen molar-refractivity contribution in [1.82, 2.24) is 9.97 Å². The van der Waals surface area contributed by atoms with E-state index in [2.05, 4.69) is 28.7 Å². The lowest BCUT2D eigenvalue weighted by Crippen LogP contribution is -2.34. The van der Waals surface area contributed by atoms with Crippen molar-refractivity contribution < 1.29 is 5.11 Å². The third kappa shape index (κ3) is 3.45. The maximum Gasteiger partial charge on any atom is 0.225 e. The molecule has 0 bridgehead atoms.